The molecule has 0 radical (unpaired) electrons. The van der Waals surface area contributed by atoms with Crippen molar-refractivity contribution in [3.8, 4) is 0 Å². The van der Waals surface area contributed by atoms with Gasteiger partial charge in [-0.05, 0) is 43.1 Å². The Balaban J connectivity index is 1.50. The zero-order valence-corrected chi connectivity index (χ0v) is 23.7. The molecular weight excluding hydrogens is 520 g/mol. The van der Waals surface area contributed by atoms with Crippen LogP contribution in [0.15, 0.2) is 164 Å². The van der Waals surface area contributed by atoms with Crippen LogP contribution in [0.5, 0.6) is 0 Å². The Labute approximate surface area is 237 Å². The van der Waals surface area contributed by atoms with E-state index in [2.05, 4.69) is 164 Å². The molecule has 0 N–H and O–H groups in total. The summed E-state index contributed by atoms with van der Waals surface area (Å²) in [7, 11) is -1.54. The van der Waals surface area contributed by atoms with Crippen molar-refractivity contribution in [2.75, 3.05) is 0 Å². The highest BCUT2D eigenvalue weighted by Gasteiger charge is 2.22. The van der Waals surface area contributed by atoms with Crippen LogP contribution in [0.2, 0.25) is 0 Å². The number of hydrogen-bond acceptors (Lipinski definition) is 1. The molecule has 3 heteroatoms. The molecule has 0 amide bonds. The maximum atomic E-state index is 5.55. The van der Waals surface area contributed by atoms with Crippen molar-refractivity contribution < 1.29 is 0 Å². The van der Waals surface area contributed by atoms with Gasteiger partial charge < -0.3 is 0 Å². The highest BCUT2D eigenvalue weighted by atomic mass is 31.1. The second-order valence-electron chi connectivity index (χ2n) is 9.70. The Morgan fingerprint density at radius 2 is 0.650 bits per heavy atom. The van der Waals surface area contributed by atoms with Crippen molar-refractivity contribution in [2.24, 2.45) is 0 Å². The topological polar surface area (TPSA) is 12.9 Å². The molecule has 0 fully saturated rings. The molecule has 0 saturated carbocycles. The van der Waals surface area contributed by atoms with E-state index in [1.165, 1.54) is 42.6 Å². The standard InChI is InChI=1S/C37H27NP2/c1-5-17-30(18-6-1)39(31-19-7-2-8-20-31)34-25-13-15-28-27-29-16-14-26-35(37(29)38-36(28)34)40(32-21-9-3-10-22-32)33-23-11-4-12-24-33/h1-27H. The number of aromatic nitrogens is 1. The van der Waals surface area contributed by atoms with Gasteiger partial charge in [0.1, 0.15) is 0 Å². The first-order chi connectivity index (χ1) is 19.9. The average Bonchev–Trinajstić information content (AvgIpc) is 3.03. The SMILES string of the molecule is c1ccc(P(c2ccccc2)c2cccc3cc4cccc(P(c5ccccc5)c5ccccc5)c4nc23)cc1. The minimum Gasteiger partial charge on any atom is -0.246 e. The van der Waals surface area contributed by atoms with Crippen LogP contribution < -0.4 is 31.8 Å². The van der Waals surface area contributed by atoms with Gasteiger partial charge in [-0.3, -0.25) is 0 Å². The average molecular weight is 548 g/mol. The van der Waals surface area contributed by atoms with Crippen molar-refractivity contribution in [1.29, 1.82) is 0 Å². The predicted octanol–water partition coefficient (Wildman–Crippen LogP) is 6.90. The van der Waals surface area contributed by atoms with Gasteiger partial charge in [-0.2, -0.15) is 0 Å². The molecule has 0 aliphatic rings. The van der Waals surface area contributed by atoms with E-state index in [1.54, 1.807) is 0 Å². The van der Waals surface area contributed by atoms with Gasteiger partial charge in [-0.25, -0.2) is 4.98 Å². The summed E-state index contributed by atoms with van der Waals surface area (Å²) in [5.74, 6) is 0. The number of para-hydroxylation sites is 2. The number of fused-ring (bicyclic) bond motifs is 2. The lowest BCUT2D eigenvalue weighted by Gasteiger charge is -2.23. The summed E-state index contributed by atoms with van der Waals surface area (Å²) in [4.78, 5) is 5.55. The zero-order valence-electron chi connectivity index (χ0n) is 21.9. The minimum atomic E-state index is -0.771. The molecule has 6 aromatic carbocycles. The second-order valence-corrected chi connectivity index (χ2v) is 14.1. The van der Waals surface area contributed by atoms with E-state index in [0.717, 1.165) is 11.0 Å². The molecule has 7 aromatic rings. The van der Waals surface area contributed by atoms with E-state index in [1.807, 2.05) is 0 Å². The number of rotatable bonds is 6. The third kappa shape index (κ3) is 4.73. The van der Waals surface area contributed by atoms with E-state index in [9.17, 15) is 0 Å². The van der Waals surface area contributed by atoms with Crippen LogP contribution in [-0.4, -0.2) is 4.98 Å². The van der Waals surface area contributed by atoms with Crippen molar-refractivity contribution in [3.05, 3.63) is 164 Å². The first-order valence-corrected chi connectivity index (χ1v) is 16.2. The van der Waals surface area contributed by atoms with Crippen LogP contribution >= 0.6 is 15.8 Å². The van der Waals surface area contributed by atoms with Gasteiger partial charge in [0.05, 0.1) is 11.0 Å². The smallest absolute Gasteiger partial charge is 0.0793 e. The summed E-state index contributed by atoms with van der Waals surface area (Å²) < 4.78 is 0. The van der Waals surface area contributed by atoms with E-state index in [4.69, 9.17) is 4.98 Å². The molecule has 0 saturated heterocycles. The molecule has 7 rings (SSSR count). The van der Waals surface area contributed by atoms with E-state index in [-0.39, 0.29) is 0 Å². The van der Waals surface area contributed by atoms with Crippen molar-refractivity contribution in [3.63, 3.8) is 0 Å². The largest absolute Gasteiger partial charge is 0.246 e. The summed E-state index contributed by atoms with van der Waals surface area (Å²) in [6, 6.07) is 59.3. The van der Waals surface area contributed by atoms with Gasteiger partial charge in [0.25, 0.3) is 0 Å². The van der Waals surface area contributed by atoms with Crippen LogP contribution in [0.4, 0.5) is 0 Å². The molecule has 0 spiro atoms. The minimum absolute atomic E-state index is 0.771. The van der Waals surface area contributed by atoms with Crippen LogP contribution in [0.3, 0.4) is 0 Å². The molecule has 0 bridgehead atoms. The van der Waals surface area contributed by atoms with E-state index >= 15 is 0 Å². The lowest BCUT2D eigenvalue weighted by molar-refractivity contribution is 1.53. The third-order valence-corrected chi connectivity index (χ3v) is 12.1. The number of benzene rings is 6. The third-order valence-electron chi connectivity index (χ3n) is 7.17. The molecule has 1 heterocycles. The normalized spacial score (nSPS) is 11.4. The zero-order chi connectivity index (χ0) is 26.7. The van der Waals surface area contributed by atoms with Crippen molar-refractivity contribution >= 4 is 69.5 Å². The lowest BCUT2D eigenvalue weighted by atomic mass is 10.1. The lowest BCUT2D eigenvalue weighted by Crippen LogP contribution is -2.23. The second kappa shape index (κ2) is 11.1. The fourth-order valence-electron chi connectivity index (χ4n) is 5.38. The van der Waals surface area contributed by atoms with Crippen LogP contribution in [0.1, 0.15) is 0 Å². The summed E-state index contributed by atoms with van der Waals surface area (Å²) in [5, 5.41) is 10.3. The molecule has 0 atom stereocenters. The van der Waals surface area contributed by atoms with Gasteiger partial charge in [0, 0.05) is 21.4 Å². The highest BCUT2D eigenvalue weighted by Crippen LogP contribution is 2.38. The van der Waals surface area contributed by atoms with Gasteiger partial charge in [-0.1, -0.05) is 158 Å². The Kier molecular flexibility index (Phi) is 6.93. The van der Waals surface area contributed by atoms with Gasteiger partial charge in [0.2, 0.25) is 0 Å². The molecule has 1 aromatic heterocycles. The number of nitrogens with zero attached hydrogens (tertiary/aromatic N) is 1. The maximum Gasteiger partial charge on any atom is 0.0793 e. The summed E-state index contributed by atoms with van der Waals surface area (Å²) in [5.41, 5.74) is 2.19. The van der Waals surface area contributed by atoms with Crippen LogP contribution in [-0.2, 0) is 0 Å². The van der Waals surface area contributed by atoms with Crippen LogP contribution in [0.25, 0.3) is 21.8 Å². The Hall–Kier alpha value is -4.15. The first kappa shape index (κ1) is 24.9. The highest BCUT2D eigenvalue weighted by molar-refractivity contribution is 7.80. The predicted molar refractivity (Wildman–Crippen MR) is 177 cm³/mol. The summed E-state index contributed by atoms with van der Waals surface area (Å²) in [6.45, 7) is 0. The molecule has 0 aliphatic heterocycles. The first-order valence-electron chi connectivity index (χ1n) is 13.5. The van der Waals surface area contributed by atoms with Gasteiger partial charge >= 0.3 is 0 Å². The fraction of sp³-hybridized carbons (Fsp3) is 0. The molecule has 190 valence electrons. The van der Waals surface area contributed by atoms with Crippen molar-refractivity contribution in [2.45, 2.75) is 0 Å². The molecule has 40 heavy (non-hydrogen) atoms. The maximum absolute atomic E-state index is 5.55. The van der Waals surface area contributed by atoms with E-state index < -0.39 is 15.8 Å². The summed E-state index contributed by atoms with van der Waals surface area (Å²) >= 11 is 0. The van der Waals surface area contributed by atoms with Crippen LogP contribution in [0, 0.1) is 0 Å². The quantitative estimate of drug-likeness (QED) is 0.163. The van der Waals surface area contributed by atoms with E-state index in [0.29, 0.717) is 0 Å². The Bertz CT molecular complexity index is 1670. The molecule has 1 nitrogen and oxygen atoms in total. The van der Waals surface area contributed by atoms with Gasteiger partial charge in [0.15, 0.2) is 0 Å². The van der Waals surface area contributed by atoms with Gasteiger partial charge in [-0.15, -0.1) is 0 Å². The monoisotopic (exact) mass is 547 g/mol. The van der Waals surface area contributed by atoms with Crippen molar-refractivity contribution in [1.82, 2.24) is 4.98 Å². The Morgan fingerprint density at radius 3 is 0.975 bits per heavy atom. The fourth-order valence-corrected chi connectivity index (χ4v) is 10.2. The summed E-state index contributed by atoms with van der Waals surface area (Å²) in [6.07, 6.45) is 0. The number of hydrogen-bond donors (Lipinski definition) is 0. The molecule has 0 unspecified atom stereocenters. The Morgan fingerprint density at radius 1 is 0.325 bits per heavy atom. The molecular formula is C37H27NP2. The number of pyridine rings is 1. The molecule has 0 aliphatic carbocycles.